The maximum atomic E-state index is 12.9. The third kappa shape index (κ3) is 5.11. The lowest BCUT2D eigenvalue weighted by Crippen LogP contribution is -2.46. The Balaban J connectivity index is 1.33. The van der Waals surface area contributed by atoms with Crippen molar-refractivity contribution in [2.45, 2.75) is 31.8 Å². The molecule has 0 bridgehead atoms. The first-order valence-corrected chi connectivity index (χ1v) is 11.5. The Bertz CT molecular complexity index is 900. The summed E-state index contributed by atoms with van der Waals surface area (Å²) in [4.78, 5) is 31.6. The molecule has 1 aromatic heterocycles. The Kier molecular flexibility index (Phi) is 6.86. The minimum Gasteiger partial charge on any atom is -0.376 e. The molecule has 9 heteroatoms. The number of nitrogens with one attached hydrogen (secondary N) is 2. The van der Waals surface area contributed by atoms with Crippen LogP contribution in [0, 0.1) is 5.92 Å². The minimum atomic E-state index is -0.191. The van der Waals surface area contributed by atoms with Crippen molar-refractivity contribution >= 4 is 45.6 Å². The topological polar surface area (TPSA) is 83.6 Å². The second-order valence-corrected chi connectivity index (χ2v) is 8.88. The van der Waals surface area contributed by atoms with Gasteiger partial charge in [0, 0.05) is 31.6 Å². The van der Waals surface area contributed by atoms with Gasteiger partial charge in [-0.1, -0.05) is 23.7 Å². The molecule has 0 unspecified atom stereocenters. The number of benzene rings is 1. The lowest BCUT2D eigenvalue weighted by atomic mass is 9.97. The van der Waals surface area contributed by atoms with Gasteiger partial charge in [0.05, 0.1) is 22.7 Å². The maximum Gasteiger partial charge on any atom is 0.273 e. The number of hydrogen-bond acceptors (Lipinski definition) is 6. The number of aromatic nitrogens is 1. The van der Waals surface area contributed by atoms with Gasteiger partial charge in [-0.2, -0.15) is 0 Å². The van der Waals surface area contributed by atoms with E-state index in [1.54, 1.807) is 16.3 Å². The molecule has 30 heavy (non-hydrogen) atoms. The highest BCUT2D eigenvalue weighted by molar-refractivity contribution is 7.14. The number of likely N-dealkylation sites (tertiary alicyclic amines) is 1. The van der Waals surface area contributed by atoms with Crippen LogP contribution in [0.5, 0.6) is 0 Å². The standard InChI is InChI=1S/C21H25ClN4O3S/c22-16-7-1-2-8-17(16)24-21-25-18(13-30-21)20(28)26-9-3-5-14(12-26)19(27)23-11-15-6-4-10-29-15/h1-2,7-8,13-15H,3-6,9-12H2,(H,23,27)(H,24,25)/t14-,15-/m0/s1. The van der Waals surface area contributed by atoms with E-state index in [1.165, 1.54) is 11.3 Å². The van der Waals surface area contributed by atoms with Gasteiger partial charge in [0.1, 0.15) is 5.69 Å². The molecule has 2 amide bonds. The van der Waals surface area contributed by atoms with Gasteiger partial charge in [-0.05, 0) is 37.8 Å². The number of ether oxygens (including phenoxy) is 1. The molecule has 0 aliphatic carbocycles. The molecule has 2 fully saturated rings. The van der Waals surface area contributed by atoms with E-state index in [9.17, 15) is 9.59 Å². The minimum absolute atomic E-state index is 0.00218. The fourth-order valence-electron chi connectivity index (χ4n) is 3.81. The Labute approximate surface area is 184 Å². The first kappa shape index (κ1) is 21.1. The lowest BCUT2D eigenvalue weighted by Gasteiger charge is -2.31. The highest BCUT2D eigenvalue weighted by Crippen LogP contribution is 2.27. The van der Waals surface area contributed by atoms with E-state index in [-0.39, 0.29) is 23.8 Å². The summed E-state index contributed by atoms with van der Waals surface area (Å²) >= 11 is 7.52. The Hall–Kier alpha value is -2.16. The number of piperidine rings is 1. The molecular weight excluding hydrogens is 424 g/mol. The van der Waals surface area contributed by atoms with Gasteiger partial charge >= 0.3 is 0 Å². The monoisotopic (exact) mass is 448 g/mol. The van der Waals surface area contributed by atoms with Gasteiger partial charge in [0.15, 0.2) is 5.13 Å². The molecule has 0 radical (unpaired) electrons. The van der Waals surface area contributed by atoms with Crippen molar-refractivity contribution in [2.24, 2.45) is 5.92 Å². The summed E-state index contributed by atoms with van der Waals surface area (Å²) < 4.78 is 5.56. The van der Waals surface area contributed by atoms with Crippen molar-refractivity contribution in [2.75, 3.05) is 31.6 Å². The van der Waals surface area contributed by atoms with E-state index in [0.717, 1.165) is 38.0 Å². The smallest absolute Gasteiger partial charge is 0.273 e. The highest BCUT2D eigenvalue weighted by Gasteiger charge is 2.30. The van der Waals surface area contributed by atoms with Crippen LogP contribution in [0.2, 0.25) is 5.02 Å². The van der Waals surface area contributed by atoms with Crippen molar-refractivity contribution in [3.8, 4) is 0 Å². The van der Waals surface area contributed by atoms with Crippen LogP contribution in [0.15, 0.2) is 29.6 Å². The predicted octanol–water partition coefficient (Wildman–Crippen LogP) is 3.69. The zero-order valence-electron chi connectivity index (χ0n) is 16.6. The lowest BCUT2D eigenvalue weighted by molar-refractivity contribution is -0.126. The molecule has 1 aromatic carbocycles. The number of thiazole rings is 1. The second kappa shape index (κ2) is 9.76. The van der Waals surface area contributed by atoms with Gasteiger partial charge in [-0.15, -0.1) is 11.3 Å². The third-order valence-corrected chi connectivity index (χ3v) is 6.53. The van der Waals surface area contributed by atoms with Crippen molar-refractivity contribution in [3.05, 3.63) is 40.4 Å². The molecule has 7 nitrogen and oxygen atoms in total. The van der Waals surface area contributed by atoms with Crippen LogP contribution >= 0.6 is 22.9 Å². The number of carbonyl (C=O) groups is 2. The zero-order chi connectivity index (χ0) is 20.9. The van der Waals surface area contributed by atoms with E-state index in [2.05, 4.69) is 15.6 Å². The average molecular weight is 449 g/mol. The number of rotatable bonds is 6. The quantitative estimate of drug-likeness (QED) is 0.704. The van der Waals surface area contributed by atoms with E-state index >= 15 is 0 Å². The Morgan fingerprint density at radius 3 is 2.93 bits per heavy atom. The molecule has 2 atom stereocenters. The fraction of sp³-hybridized carbons (Fsp3) is 0.476. The Morgan fingerprint density at radius 1 is 1.27 bits per heavy atom. The van der Waals surface area contributed by atoms with Crippen LogP contribution in [-0.2, 0) is 9.53 Å². The van der Waals surface area contributed by atoms with Gasteiger partial charge in [0.25, 0.3) is 5.91 Å². The van der Waals surface area contributed by atoms with E-state index in [0.29, 0.717) is 35.5 Å². The maximum absolute atomic E-state index is 12.9. The summed E-state index contributed by atoms with van der Waals surface area (Å²) in [5, 5.41) is 9.08. The zero-order valence-corrected chi connectivity index (χ0v) is 18.2. The molecule has 2 aliphatic heterocycles. The highest BCUT2D eigenvalue weighted by atomic mass is 35.5. The normalized spacial score (nSPS) is 21.4. The number of anilines is 2. The number of nitrogens with zero attached hydrogens (tertiary/aromatic N) is 2. The van der Waals surface area contributed by atoms with Crippen LogP contribution < -0.4 is 10.6 Å². The largest absolute Gasteiger partial charge is 0.376 e. The molecule has 0 spiro atoms. The van der Waals surface area contributed by atoms with Crippen LogP contribution in [0.25, 0.3) is 0 Å². The number of hydrogen-bond donors (Lipinski definition) is 2. The second-order valence-electron chi connectivity index (χ2n) is 7.61. The number of carbonyl (C=O) groups excluding carboxylic acids is 2. The summed E-state index contributed by atoms with van der Waals surface area (Å²) in [6.45, 7) is 2.37. The van der Waals surface area contributed by atoms with E-state index in [4.69, 9.17) is 16.3 Å². The number of para-hydroxylation sites is 1. The summed E-state index contributed by atoms with van der Waals surface area (Å²) in [6, 6.07) is 7.39. The third-order valence-electron chi connectivity index (χ3n) is 5.45. The molecule has 160 valence electrons. The first-order valence-electron chi connectivity index (χ1n) is 10.3. The van der Waals surface area contributed by atoms with E-state index in [1.807, 2.05) is 18.2 Å². The van der Waals surface area contributed by atoms with Gasteiger partial charge in [-0.25, -0.2) is 4.98 Å². The molecular formula is C21H25ClN4O3S. The van der Waals surface area contributed by atoms with Crippen LogP contribution in [0.3, 0.4) is 0 Å². The average Bonchev–Trinajstić information content (AvgIpc) is 3.45. The SMILES string of the molecule is O=C(NC[C@@H]1CCCO1)[C@H]1CCCN(C(=O)c2csc(Nc3ccccc3Cl)n2)C1. The summed E-state index contributed by atoms with van der Waals surface area (Å²) in [5.74, 6) is -0.333. The molecule has 3 heterocycles. The van der Waals surface area contributed by atoms with E-state index < -0.39 is 0 Å². The molecule has 2 aliphatic rings. The van der Waals surface area contributed by atoms with Crippen LogP contribution in [0.1, 0.15) is 36.2 Å². The van der Waals surface area contributed by atoms with Crippen molar-refractivity contribution in [1.29, 1.82) is 0 Å². The van der Waals surface area contributed by atoms with Crippen LogP contribution in [-0.4, -0.2) is 54.0 Å². The van der Waals surface area contributed by atoms with Crippen molar-refractivity contribution in [1.82, 2.24) is 15.2 Å². The van der Waals surface area contributed by atoms with Gasteiger partial charge in [-0.3, -0.25) is 9.59 Å². The van der Waals surface area contributed by atoms with Crippen molar-refractivity contribution in [3.63, 3.8) is 0 Å². The predicted molar refractivity (Wildman–Crippen MR) is 117 cm³/mol. The summed E-state index contributed by atoms with van der Waals surface area (Å²) in [6.07, 6.45) is 3.75. The van der Waals surface area contributed by atoms with Gasteiger partial charge in [0.2, 0.25) is 5.91 Å². The summed E-state index contributed by atoms with van der Waals surface area (Å²) in [7, 11) is 0. The molecule has 2 N–H and O–H groups in total. The molecule has 2 saturated heterocycles. The van der Waals surface area contributed by atoms with Crippen molar-refractivity contribution < 1.29 is 14.3 Å². The number of amides is 2. The fourth-order valence-corrected chi connectivity index (χ4v) is 4.69. The summed E-state index contributed by atoms with van der Waals surface area (Å²) in [5.41, 5.74) is 1.13. The molecule has 4 rings (SSSR count). The molecule has 2 aromatic rings. The number of halogens is 1. The molecule has 0 saturated carbocycles. The van der Waals surface area contributed by atoms with Gasteiger partial charge < -0.3 is 20.3 Å². The Morgan fingerprint density at radius 2 is 2.13 bits per heavy atom. The van der Waals surface area contributed by atoms with Crippen LogP contribution in [0.4, 0.5) is 10.8 Å². The first-order chi connectivity index (χ1) is 14.6.